The van der Waals surface area contributed by atoms with Crippen molar-refractivity contribution in [2.75, 3.05) is 12.1 Å². The first-order chi connectivity index (χ1) is 14.2. The molecular formula is C21H16FN3O3S. The van der Waals surface area contributed by atoms with Crippen LogP contribution in [0.15, 0.2) is 71.8 Å². The van der Waals surface area contributed by atoms with E-state index < -0.39 is 0 Å². The first-order valence-electron chi connectivity index (χ1n) is 8.69. The standard InChI is InChI=1S/C21H16FN3O3S/c22-15-3-5-16(6-4-15)24-21(29)25-23-12-14-1-7-17(8-2-14)28-18-9-10-19-20(11-18)27-13-26-19/h1-12H,13H2,(H2,24,25,29)/b23-12+. The van der Waals surface area contributed by atoms with Gasteiger partial charge in [-0.25, -0.2) is 4.39 Å². The summed E-state index contributed by atoms with van der Waals surface area (Å²) in [6.45, 7) is 0.226. The van der Waals surface area contributed by atoms with E-state index in [0.29, 0.717) is 33.8 Å². The molecular weight excluding hydrogens is 393 g/mol. The van der Waals surface area contributed by atoms with Gasteiger partial charge in [0.1, 0.15) is 17.3 Å². The Morgan fingerprint density at radius 3 is 2.48 bits per heavy atom. The third kappa shape index (κ3) is 4.99. The van der Waals surface area contributed by atoms with Crippen LogP contribution in [0.4, 0.5) is 10.1 Å². The zero-order valence-electron chi connectivity index (χ0n) is 15.1. The lowest BCUT2D eigenvalue weighted by atomic mass is 10.2. The second kappa shape index (κ2) is 8.57. The molecule has 0 fully saturated rings. The summed E-state index contributed by atoms with van der Waals surface area (Å²) in [6, 6.07) is 18.7. The van der Waals surface area contributed by atoms with Crippen molar-refractivity contribution >= 4 is 29.2 Å². The number of hydrogen-bond donors (Lipinski definition) is 2. The molecule has 146 valence electrons. The molecule has 0 aromatic heterocycles. The topological polar surface area (TPSA) is 64.1 Å². The zero-order valence-corrected chi connectivity index (χ0v) is 15.9. The van der Waals surface area contributed by atoms with Gasteiger partial charge in [-0.1, -0.05) is 0 Å². The predicted octanol–water partition coefficient (Wildman–Crippen LogP) is 4.67. The molecule has 0 saturated carbocycles. The van der Waals surface area contributed by atoms with E-state index in [0.717, 1.165) is 5.56 Å². The van der Waals surface area contributed by atoms with Crippen molar-refractivity contribution in [1.29, 1.82) is 0 Å². The lowest BCUT2D eigenvalue weighted by molar-refractivity contribution is 0.174. The number of rotatable bonds is 5. The summed E-state index contributed by atoms with van der Waals surface area (Å²) in [6.07, 6.45) is 1.63. The Hall–Kier alpha value is -3.65. The molecule has 3 aromatic rings. The van der Waals surface area contributed by atoms with Crippen molar-refractivity contribution in [3.8, 4) is 23.0 Å². The van der Waals surface area contributed by atoms with E-state index >= 15 is 0 Å². The Bertz CT molecular complexity index is 1040. The maximum atomic E-state index is 12.9. The highest BCUT2D eigenvalue weighted by Crippen LogP contribution is 2.36. The van der Waals surface area contributed by atoms with Crippen LogP contribution in [0.3, 0.4) is 0 Å². The van der Waals surface area contributed by atoms with Gasteiger partial charge >= 0.3 is 0 Å². The zero-order chi connectivity index (χ0) is 20.1. The van der Waals surface area contributed by atoms with Gasteiger partial charge in [-0.15, -0.1) is 0 Å². The van der Waals surface area contributed by atoms with Crippen LogP contribution in [0.5, 0.6) is 23.0 Å². The summed E-state index contributed by atoms with van der Waals surface area (Å²) in [4.78, 5) is 0. The second-order valence-electron chi connectivity index (χ2n) is 6.02. The van der Waals surface area contributed by atoms with E-state index in [-0.39, 0.29) is 12.6 Å². The summed E-state index contributed by atoms with van der Waals surface area (Å²) in [5, 5.41) is 7.30. The Morgan fingerprint density at radius 2 is 1.69 bits per heavy atom. The number of fused-ring (bicyclic) bond motifs is 1. The Kier molecular flexibility index (Phi) is 5.53. The number of nitrogens with one attached hydrogen (secondary N) is 2. The van der Waals surface area contributed by atoms with Gasteiger partial charge in [0.25, 0.3) is 0 Å². The van der Waals surface area contributed by atoms with Crippen LogP contribution in [0.1, 0.15) is 5.56 Å². The number of benzene rings is 3. The van der Waals surface area contributed by atoms with E-state index in [2.05, 4.69) is 15.8 Å². The van der Waals surface area contributed by atoms with Gasteiger partial charge in [0, 0.05) is 11.8 Å². The number of nitrogens with zero attached hydrogens (tertiary/aromatic N) is 1. The van der Waals surface area contributed by atoms with Gasteiger partial charge in [0.05, 0.1) is 6.21 Å². The molecule has 2 N–H and O–H groups in total. The molecule has 0 spiro atoms. The van der Waals surface area contributed by atoms with Gasteiger partial charge < -0.3 is 19.5 Å². The van der Waals surface area contributed by atoms with Crippen molar-refractivity contribution < 1.29 is 18.6 Å². The minimum Gasteiger partial charge on any atom is -0.457 e. The monoisotopic (exact) mass is 409 g/mol. The molecule has 6 nitrogen and oxygen atoms in total. The van der Waals surface area contributed by atoms with Gasteiger partial charge in [-0.05, 0) is 78.4 Å². The molecule has 0 radical (unpaired) electrons. The lowest BCUT2D eigenvalue weighted by Gasteiger charge is -2.07. The van der Waals surface area contributed by atoms with Gasteiger partial charge in [0.2, 0.25) is 6.79 Å². The lowest BCUT2D eigenvalue weighted by Crippen LogP contribution is -2.23. The fraction of sp³-hybridized carbons (Fsp3) is 0.0476. The minimum absolute atomic E-state index is 0.226. The smallest absolute Gasteiger partial charge is 0.231 e. The molecule has 0 atom stereocenters. The SMILES string of the molecule is Fc1ccc(NC(=S)N/N=C/c2ccc(Oc3ccc4c(c3)OCO4)cc2)cc1. The van der Waals surface area contributed by atoms with Crippen LogP contribution in [-0.2, 0) is 0 Å². The molecule has 29 heavy (non-hydrogen) atoms. The maximum Gasteiger partial charge on any atom is 0.231 e. The van der Waals surface area contributed by atoms with E-state index in [4.69, 9.17) is 26.4 Å². The van der Waals surface area contributed by atoms with Crippen molar-refractivity contribution in [2.24, 2.45) is 5.10 Å². The van der Waals surface area contributed by atoms with Gasteiger partial charge in [-0.2, -0.15) is 5.10 Å². The Balaban J connectivity index is 1.29. The summed E-state index contributed by atoms with van der Waals surface area (Å²) >= 11 is 5.14. The Morgan fingerprint density at radius 1 is 0.966 bits per heavy atom. The van der Waals surface area contributed by atoms with E-state index in [1.807, 2.05) is 36.4 Å². The molecule has 8 heteroatoms. The van der Waals surface area contributed by atoms with Gasteiger partial charge in [0.15, 0.2) is 16.6 Å². The molecule has 0 saturated heterocycles. The predicted molar refractivity (Wildman–Crippen MR) is 112 cm³/mol. The van der Waals surface area contributed by atoms with Crippen LogP contribution in [0, 0.1) is 5.82 Å². The normalized spacial score (nSPS) is 12.0. The third-order valence-corrected chi connectivity index (χ3v) is 4.13. The van der Waals surface area contributed by atoms with Crippen molar-refractivity contribution in [3.63, 3.8) is 0 Å². The van der Waals surface area contributed by atoms with Crippen LogP contribution in [-0.4, -0.2) is 18.1 Å². The number of ether oxygens (including phenoxy) is 3. The highest BCUT2D eigenvalue weighted by Gasteiger charge is 2.13. The molecule has 0 bridgehead atoms. The highest BCUT2D eigenvalue weighted by molar-refractivity contribution is 7.80. The molecule has 0 unspecified atom stereocenters. The first kappa shape index (κ1) is 18.7. The third-order valence-electron chi connectivity index (χ3n) is 3.94. The molecule has 3 aromatic carbocycles. The summed E-state index contributed by atoms with van der Waals surface area (Å²) in [5.41, 5.74) is 4.24. The van der Waals surface area contributed by atoms with E-state index in [1.165, 1.54) is 12.1 Å². The first-order valence-corrected chi connectivity index (χ1v) is 9.10. The fourth-order valence-electron chi connectivity index (χ4n) is 2.56. The maximum absolute atomic E-state index is 12.9. The molecule has 0 aliphatic carbocycles. The van der Waals surface area contributed by atoms with Crippen LogP contribution in [0.25, 0.3) is 0 Å². The van der Waals surface area contributed by atoms with Crippen LogP contribution >= 0.6 is 12.2 Å². The summed E-state index contributed by atoms with van der Waals surface area (Å²) in [5.74, 6) is 2.42. The average Bonchev–Trinajstić information content (AvgIpc) is 3.19. The summed E-state index contributed by atoms with van der Waals surface area (Å²) < 4.78 is 29.3. The summed E-state index contributed by atoms with van der Waals surface area (Å²) in [7, 11) is 0. The van der Waals surface area contributed by atoms with E-state index in [1.54, 1.807) is 24.4 Å². The number of thiocarbonyl (C=S) groups is 1. The van der Waals surface area contributed by atoms with Crippen LogP contribution in [0.2, 0.25) is 0 Å². The average molecular weight is 409 g/mol. The fourth-order valence-corrected chi connectivity index (χ4v) is 2.73. The molecule has 4 rings (SSSR count). The number of anilines is 1. The van der Waals surface area contributed by atoms with Crippen molar-refractivity contribution in [2.45, 2.75) is 0 Å². The number of hydrogen-bond acceptors (Lipinski definition) is 5. The van der Waals surface area contributed by atoms with Crippen molar-refractivity contribution in [3.05, 3.63) is 78.1 Å². The minimum atomic E-state index is -0.307. The van der Waals surface area contributed by atoms with Crippen molar-refractivity contribution in [1.82, 2.24) is 5.43 Å². The molecule has 0 amide bonds. The second-order valence-corrected chi connectivity index (χ2v) is 6.43. The Labute approximate surface area is 171 Å². The number of hydrazone groups is 1. The molecule has 1 heterocycles. The number of halogens is 1. The quantitative estimate of drug-likeness (QED) is 0.363. The van der Waals surface area contributed by atoms with Crippen LogP contribution < -0.4 is 25.0 Å². The highest BCUT2D eigenvalue weighted by atomic mass is 32.1. The van der Waals surface area contributed by atoms with E-state index in [9.17, 15) is 4.39 Å². The molecule has 1 aliphatic heterocycles. The van der Waals surface area contributed by atoms with Gasteiger partial charge in [-0.3, -0.25) is 5.43 Å². The molecule has 1 aliphatic rings. The largest absolute Gasteiger partial charge is 0.457 e.